The Bertz CT molecular complexity index is 202. The van der Waals surface area contributed by atoms with Gasteiger partial charge in [0, 0.05) is 0 Å². The maximum absolute atomic E-state index is 10.4. The molecule has 4 heteroatoms. The standard InChI is InChI=1S/C5H6N2O2/c1-9-5-2-6-4-7(8)3-5/h2-4H,1H3. The third-order valence-corrected chi connectivity index (χ3v) is 0.872. The van der Waals surface area contributed by atoms with E-state index in [9.17, 15) is 5.21 Å². The van der Waals surface area contributed by atoms with Crippen molar-refractivity contribution in [1.82, 2.24) is 4.98 Å². The summed E-state index contributed by atoms with van der Waals surface area (Å²) in [6, 6.07) is 0. The number of ether oxygens (including phenoxy) is 1. The monoisotopic (exact) mass is 126 g/mol. The van der Waals surface area contributed by atoms with Crippen molar-refractivity contribution in [2.45, 2.75) is 0 Å². The zero-order valence-corrected chi connectivity index (χ0v) is 4.94. The molecule has 0 atom stereocenters. The number of methoxy groups -OCH3 is 1. The second-order valence-electron chi connectivity index (χ2n) is 1.49. The summed E-state index contributed by atoms with van der Waals surface area (Å²) in [7, 11) is 1.48. The Balaban J connectivity index is 2.94. The molecular weight excluding hydrogens is 120 g/mol. The topological polar surface area (TPSA) is 49.1 Å². The van der Waals surface area contributed by atoms with Gasteiger partial charge in [-0.25, -0.2) is 4.73 Å². The molecule has 9 heavy (non-hydrogen) atoms. The summed E-state index contributed by atoms with van der Waals surface area (Å²) >= 11 is 0. The third kappa shape index (κ3) is 1.28. The Morgan fingerprint density at radius 3 is 3.00 bits per heavy atom. The Morgan fingerprint density at radius 2 is 2.56 bits per heavy atom. The van der Waals surface area contributed by atoms with Crippen LogP contribution >= 0.6 is 0 Å². The van der Waals surface area contributed by atoms with E-state index >= 15 is 0 Å². The van der Waals surface area contributed by atoms with Gasteiger partial charge in [0.05, 0.1) is 7.11 Å². The second kappa shape index (κ2) is 2.30. The summed E-state index contributed by atoms with van der Waals surface area (Å²) in [5.41, 5.74) is 0. The molecule has 0 aliphatic carbocycles. The molecule has 0 aromatic carbocycles. The summed E-state index contributed by atoms with van der Waals surface area (Å²) < 4.78 is 5.29. The predicted molar refractivity (Wildman–Crippen MR) is 29.7 cm³/mol. The molecule has 0 fully saturated rings. The van der Waals surface area contributed by atoms with Crippen molar-refractivity contribution in [2.75, 3.05) is 7.11 Å². The van der Waals surface area contributed by atoms with E-state index in [1.54, 1.807) is 0 Å². The van der Waals surface area contributed by atoms with Crippen LogP contribution in [0.1, 0.15) is 0 Å². The highest BCUT2D eigenvalue weighted by atomic mass is 16.5. The molecule has 0 N–H and O–H groups in total. The van der Waals surface area contributed by atoms with Gasteiger partial charge < -0.3 is 9.94 Å². The van der Waals surface area contributed by atoms with Gasteiger partial charge in [0.25, 0.3) is 6.33 Å². The van der Waals surface area contributed by atoms with E-state index in [1.807, 2.05) is 0 Å². The van der Waals surface area contributed by atoms with Crippen LogP contribution in [0.3, 0.4) is 0 Å². The largest absolute Gasteiger partial charge is 0.711 e. The molecule has 0 aliphatic rings. The van der Waals surface area contributed by atoms with E-state index in [0.717, 1.165) is 6.33 Å². The van der Waals surface area contributed by atoms with Gasteiger partial charge in [-0.2, -0.15) is 0 Å². The van der Waals surface area contributed by atoms with Crippen LogP contribution in [0.4, 0.5) is 0 Å². The van der Waals surface area contributed by atoms with E-state index in [0.29, 0.717) is 10.5 Å². The maximum atomic E-state index is 10.4. The molecule has 1 rings (SSSR count). The Hall–Kier alpha value is -1.32. The van der Waals surface area contributed by atoms with E-state index in [4.69, 9.17) is 4.74 Å². The SMILES string of the molecule is COc1cnc[n+]([O-])c1. The molecule has 0 radical (unpaired) electrons. The smallest absolute Gasteiger partial charge is 0.289 e. The molecule has 1 aromatic heterocycles. The van der Waals surface area contributed by atoms with Crippen LogP contribution in [-0.2, 0) is 0 Å². The lowest BCUT2D eigenvalue weighted by Gasteiger charge is -1.98. The summed E-state index contributed by atoms with van der Waals surface area (Å²) in [5, 5.41) is 10.4. The highest BCUT2D eigenvalue weighted by molar-refractivity contribution is 5.06. The first-order valence-corrected chi connectivity index (χ1v) is 2.41. The van der Waals surface area contributed by atoms with Crippen LogP contribution in [0.2, 0.25) is 0 Å². The molecule has 1 heterocycles. The molecule has 0 unspecified atom stereocenters. The Kier molecular flexibility index (Phi) is 1.48. The molecule has 0 amide bonds. The molecule has 1 aromatic rings. The van der Waals surface area contributed by atoms with Gasteiger partial charge in [0.1, 0.15) is 6.20 Å². The van der Waals surface area contributed by atoms with Crippen LogP contribution < -0.4 is 9.47 Å². The molecule has 48 valence electrons. The van der Waals surface area contributed by atoms with Crippen molar-refractivity contribution in [3.63, 3.8) is 0 Å². The lowest BCUT2D eigenvalue weighted by molar-refractivity contribution is -0.609. The van der Waals surface area contributed by atoms with Gasteiger partial charge >= 0.3 is 0 Å². The van der Waals surface area contributed by atoms with Gasteiger partial charge in [-0.3, -0.25) is 0 Å². The molecule has 0 bridgehead atoms. The first-order valence-electron chi connectivity index (χ1n) is 2.41. The zero-order valence-electron chi connectivity index (χ0n) is 4.94. The van der Waals surface area contributed by atoms with Crippen molar-refractivity contribution >= 4 is 0 Å². The van der Waals surface area contributed by atoms with Crippen LogP contribution in [0.25, 0.3) is 0 Å². The lowest BCUT2D eigenvalue weighted by Crippen LogP contribution is -2.25. The minimum Gasteiger partial charge on any atom is -0.711 e. The maximum Gasteiger partial charge on any atom is 0.289 e. The fourth-order valence-electron chi connectivity index (χ4n) is 0.470. The average molecular weight is 126 g/mol. The normalized spacial score (nSPS) is 9.00. The first kappa shape index (κ1) is 5.81. The predicted octanol–water partition coefficient (Wildman–Crippen LogP) is -0.276. The van der Waals surface area contributed by atoms with Gasteiger partial charge in [0.15, 0.2) is 6.20 Å². The molecule has 0 spiro atoms. The Morgan fingerprint density at radius 1 is 1.78 bits per heavy atom. The van der Waals surface area contributed by atoms with Gasteiger partial charge in [-0.05, 0) is 0 Å². The fourth-order valence-corrected chi connectivity index (χ4v) is 0.470. The molecular formula is C5H6N2O2. The van der Waals surface area contributed by atoms with E-state index in [2.05, 4.69) is 4.98 Å². The van der Waals surface area contributed by atoms with Gasteiger partial charge in [-0.15, -0.1) is 0 Å². The number of rotatable bonds is 1. The van der Waals surface area contributed by atoms with Crippen molar-refractivity contribution < 1.29 is 9.47 Å². The van der Waals surface area contributed by atoms with Gasteiger partial charge in [0.2, 0.25) is 5.75 Å². The number of hydrogen-bond acceptors (Lipinski definition) is 3. The first-order chi connectivity index (χ1) is 4.33. The van der Waals surface area contributed by atoms with Crippen molar-refractivity contribution in [2.24, 2.45) is 0 Å². The summed E-state index contributed by atoms with van der Waals surface area (Å²) in [6.45, 7) is 0. The summed E-state index contributed by atoms with van der Waals surface area (Å²) in [4.78, 5) is 3.58. The van der Waals surface area contributed by atoms with Crippen LogP contribution in [0, 0.1) is 5.21 Å². The number of hydrogen-bond donors (Lipinski definition) is 0. The Labute approximate surface area is 52.3 Å². The van der Waals surface area contributed by atoms with Crippen LogP contribution in [0.5, 0.6) is 5.75 Å². The van der Waals surface area contributed by atoms with Crippen molar-refractivity contribution in [1.29, 1.82) is 0 Å². The summed E-state index contributed by atoms with van der Waals surface area (Å²) in [6.07, 6.45) is 3.92. The van der Waals surface area contributed by atoms with Gasteiger partial charge in [-0.1, -0.05) is 4.98 Å². The zero-order chi connectivity index (χ0) is 6.69. The molecule has 0 aliphatic heterocycles. The highest BCUT2D eigenvalue weighted by Crippen LogP contribution is 1.99. The third-order valence-electron chi connectivity index (χ3n) is 0.872. The quantitative estimate of drug-likeness (QED) is 0.384. The highest BCUT2D eigenvalue weighted by Gasteiger charge is 1.93. The fraction of sp³-hybridized carbons (Fsp3) is 0.200. The van der Waals surface area contributed by atoms with Crippen molar-refractivity contribution in [3.8, 4) is 5.75 Å². The summed E-state index contributed by atoms with van der Waals surface area (Å²) in [5.74, 6) is 0.465. The van der Waals surface area contributed by atoms with Crippen LogP contribution in [-0.4, -0.2) is 12.1 Å². The average Bonchev–Trinajstić information content (AvgIpc) is 1.88. The van der Waals surface area contributed by atoms with E-state index in [-0.39, 0.29) is 0 Å². The molecule has 0 saturated heterocycles. The number of nitrogens with zero attached hydrogens (tertiary/aromatic N) is 2. The minimum atomic E-state index is 0.465. The molecule has 0 saturated carbocycles. The lowest BCUT2D eigenvalue weighted by atomic mass is 10.6. The van der Waals surface area contributed by atoms with E-state index in [1.165, 1.54) is 19.5 Å². The second-order valence-corrected chi connectivity index (χ2v) is 1.49. The molecule has 4 nitrogen and oxygen atoms in total. The minimum absolute atomic E-state index is 0.465. The number of aromatic nitrogens is 2. The van der Waals surface area contributed by atoms with E-state index < -0.39 is 0 Å². The van der Waals surface area contributed by atoms with Crippen LogP contribution in [0.15, 0.2) is 18.7 Å². The van der Waals surface area contributed by atoms with Crippen molar-refractivity contribution in [3.05, 3.63) is 23.9 Å².